The average Bonchev–Trinajstić information content (AvgIpc) is 3.51. The molecule has 0 radical (unpaired) electrons. The van der Waals surface area contributed by atoms with E-state index in [2.05, 4.69) is 21.5 Å². The molecule has 1 spiro atoms. The van der Waals surface area contributed by atoms with Gasteiger partial charge in [-0.05, 0) is 56.2 Å². The summed E-state index contributed by atoms with van der Waals surface area (Å²) in [6.07, 6.45) is 0.785. The molecule has 0 unspecified atom stereocenters. The first-order valence-corrected chi connectivity index (χ1v) is 11.8. The van der Waals surface area contributed by atoms with Crippen molar-refractivity contribution in [3.8, 4) is 11.8 Å². The normalized spacial score (nSPS) is 18.5. The molecule has 8 nitrogen and oxygen atoms in total. The molecular weight excluding hydrogens is 487 g/mol. The lowest BCUT2D eigenvalue weighted by Gasteiger charge is -2.39. The number of benzene rings is 1. The monoisotopic (exact) mass is 511 g/mol. The Morgan fingerprint density at radius 2 is 1.73 bits per heavy atom. The van der Waals surface area contributed by atoms with Crippen LogP contribution in [0.4, 0.5) is 18.9 Å². The van der Waals surface area contributed by atoms with Crippen molar-refractivity contribution in [2.24, 2.45) is 0 Å². The first kappa shape index (κ1) is 24.9. The van der Waals surface area contributed by atoms with E-state index < -0.39 is 28.8 Å². The van der Waals surface area contributed by atoms with Gasteiger partial charge in [-0.25, -0.2) is 4.68 Å². The van der Waals surface area contributed by atoms with E-state index in [1.54, 1.807) is 19.1 Å². The highest BCUT2D eigenvalue weighted by Gasteiger charge is 2.48. The predicted molar refractivity (Wildman–Crippen MR) is 126 cm³/mol. The number of anilines is 1. The van der Waals surface area contributed by atoms with Crippen molar-refractivity contribution in [1.82, 2.24) is 14.8 Å². The number of rotatable bonds is 4. The molecule has 192 valence electrons. The van der Waals surface area contributed by atoms with Crippen molar-refractivity contribution in [1.29, 1.82) is 5.26 Å². The molecule has 1 aliphatic heterocycles. The molecule has 1 N–H and O–H groups in total. The molecule has 0 atom stereocenters. The first-order valence-electron chi connectivity index (χ1n) is 11.8. The summed E-state index contributed by atoms with van der Waals surface area (Å²) in [6.45, 7) is 2.79. The van der Waals surface area contributed by atoms with E-state index in [1.807, 2.05) is 0 Å². The molecule has 2 aliphatic rings. The molecule has 37 heavy (non-hydrogen) atoms. The fourth-order valence-corrected chi connectivity index (χ4v) is 4.90. The van der Waals surface area contributed by atoms with E-state index in [-0.39, 0.29) is 5.56 Å². The number of ether oxygens (including phenoxy) is 2. The largest absolute Gasteiger partial charge is 0.416 e. The van der Waals surface area contributed by atoms with E-state index in [0.717, 1.165) is 12.1 Å². The third-order valence-corrected chi connectivity index (χ3v) is 7.10. The van der Waals surface area contributed by atoms with Crippen LogP contribution in [0.3, 0.4) is 0 Å². The van der Waals surface area contributed by atoms with E-state index in [4.69, 9.17) is 9.47 Å². The van der Waals surface area contributed by atoms with E-state index in [9.17, 15) is 23.2 Å². The van der Waals surface area contributed by atoms with Crippen molar-refractivity contribution in [2.45, 2.75) is 50.0 Å². The number of pyridine rings is 1. The van der Waals surface area contributed by atoms with E-state index >= 15 is 0 Å². The number of hydrogen-bond acceptors (Lipinski definition) is 6. The summed E-state index contributed by atoms with van der Waals surface area (Å²) in [5, 5.41) is 16.9. The second-order valence-corrected chi connectivity index (χ2v) is 9.29. The highest BCUT2D eigenvalue weighted by atomic mass is 19.4. The lowest BCUT2D eigenvalue weighted by atomic mass is 9.70. The molecule has 2 fully saturated rings. The second kappa shape index (κ2) is 9.28. The van der Waals surface area contributed by atoms with Gasteiger partial charge in [-0.15, -0.1) is 0 Å². The number of halogens is 3. The molecule has 2 aromatic heterocycles. The van der Waals surface area contributed by atoms with Crippen LogP contribution in [0.5, 0.6) is 0 Å². The van der Waals surface area contributed by atoms with Crippen LogP contribution in [0.2, 0.25) is 0 Å². The summed E-state index contributed by atoms with van der Waals surface area (Å²) >= 11 is 0. The number of amides is 1. The molecule has 5 rings (SSSR count). The first-order chi connectivity index (χ1) is 17.6. The van der Waals surface area contributed by atoms with E-state index in [1.165, 1.54) is 29.2 Å². The summed E-state index contributed by atoms with van der Waals surface area (Å²) in [4.78, 5) is 17.4. The Morgan fingerprint density at radius 3 is 2.30 bits per heavy atom. The highest BCUT2D eigenvalue weighted by Crippen LogP contribution is 2.45. The molecule has 11 heteroatoms. The quantitative estimate of drug-likeness (QED) is 0.533. The smallest absolute Gasteiger partial charge is 0.348 e. The van der Waals surface area contributed by atoms with Crippen molar-refractivity contribution >= 4 is 11.6 Å². The van der Waals surface area contributed by atoms with Crippen LogP contribution in [0.25, 0.3) is 5.69 Å². The predicted octanol–water partition coefficient (Wildman–Crippen LogP) is 4.93. The minimum absolute atomic E-state index is 0.270. The maximum atomic E-state index is 12.9. The maximum absolute atomic E-state index is 12.9. The molecule has 3 aromatic rings. The molecular formula is C26H24F3N5O3. The van der Waals surface area contributed by atoms with Gasteiger partial charge < -0.3 is 14.8 Å². The number of carbonyl (C=O) groups is 1. The summed E-state index contributed by atoms with van der Waals surface area (Å²) in [5.74, 6) is -1.02. The minimum Gasteiger partial charge on any atom is -0.348 e. The SMILES string of the molecule is Cc1c(C(=O)Nc2ccc(C3(C#N)CCC4(CC3)OCCO4)nc2)cnn1-c1ccc(C(F)(F)F)cc1. The summed E-state index contributed by atoms with van der Waals surface area (Å²) in [5.41, 5.74) is 0.707. The van der Waals surface area contributed by atoms with Crippen molar-refractivity contribution < 1.29 is 27.4 Å². The van der Waals surface area contributed by atoms with Crippen LogP contribution in [-0.2, 0) is 21.1 Å². The zero-order chi connectivity index (χ0) is 26.3. The fourth-order valence-electron chi connectivity index (χ4n) is 4.90. The molecule has 3 heterocycles. The van der Waals surface area contributed by atoms with Crippen LogP contribution >= 0.6 is 0 Å². The fraction of sp³-hybridized carbons (Fsp3) is 0.385. The van der Waals surface area contributed by atoms with Gasteiger partial charge in [0.15, 0.2) is 5.79 Å². The van der Waals surface area contributed by atoms with Gasteiger partial charge in [0.1, 0.15) is 0 Å². The third-order valence-electron chi connectivity index (χ3n) is 7.10. The van der Waals surface area contributed by atoms with Crippen LogP contribution in [-0.4, -0.2) is 39.7 Å². The topological polar surface area (TPSA) is 102 Å². The standard InChI is InChI=1S/C26H24F3N5O3/c1-17-21(15-32-34(17)20-5-2-18(3-6-20)26(27,28)29)23(35)33-19-4-7-22(31-14-19)24(16-30)8-10-25(11-9-24)36-12-13-37-25/h2-7,14-15H,8-13H2,1H3,(H,33,35). The van der Waals surface area contributed by atoms with Gasteiger partial charge in [-0.1, -0.05) is 0 Å². The Morgan fingerprint density at radius 1 is 1.05 bits per heavy atom. The van der Waals surface area contributed by atoms with Gasteiger partial charge in [0.2, 0.25) is 0 Å². The Hall–Kier alpha value is -3.75. The number of carbonyl (C=O) groups excluding carboxylic acids is 1. The van der Waals surface area contributed by atoms with E-state index in [0.29, 0.717) is 61.7 Å². The van der Waals surface area contributed by atoms with Crippen LogP contribution in [0, 0.1) is 18.3 Å². The van der Waals surface area contributed by atoms with Crippen LogP contribution < -0.4 is 5.32 Å². The van der Waals surface area contributed by atoms with Crippen molar-refractivity contribution in [3.05, 3.63) is 71.3 Å². The molecule has 1 aromatic carbocycles. The zero-order valence-electron chi connectivity index (χ0n) is 20.0. The summed E-state index contributed by atoms with van der Waals surface area (Å²) < 4.78 is 51.5. The third kappa shape index (κ3) is 4.70. The Balaban J connectivity index is 1.27. The maximum Gasteiger partial charge on any atom is 0.416 e. The van der Waals surface area contributed by atoms with Gasteiger partial charge in [-0.3, -0.25) is 9.78 Å². The molecule has 1 amide bonds. The highest BCUT2D eigenvalue weighted by molar-refractivity contribution is 6.04. The van der Waals surface area contributed by atoms with Gasteiger partial charge in [0.05, 0.1) is 71.0 Å². The van der Waals surface area contributed by atoms with Crippen molar-refractivity contribution in [2.75, 3.05) is 18.5 Å². The Labute approximate surface area is 211 Å². The van der Waals surface area contributed by atoms with Gasteiger partial charge in [0, 0.05) is 12.8 Å². The average molecular weight is 512 g/mol. The van der Waals surface area contributed by atoms with Crippen molar-refractivity contribution in [3.63, 3.8) is 0 Å². The second-order valence-electron chi connectivity index (χ2n) is 9.29. The summed E-state index contributed by atoms with van der Waals surface area (Å²) in [7, 11) is 0. The Bertz CT molecular complexity index is 1330. The number of alkyl halides is 3. The molecule has 1 saturated heterocycles. The number of hydrogen-bond donors (Lipinski definition) is 1. The molecule has 1 saturated carbocycles. The lowest BCUT2D eigenvalue weighted by molar-refractivity contribution is -0.182. The van der Waals surface area contributed by atoms with Crippen LogP contribution in [0.15, 0.2) is 48.8 Å². The summed E-state index contributed by atoms with van der Waals surface area (Å²) in [6, 6.07) is 10.4. The van der Waals surface area contributed by atoms with Gasteiger partial charge >= 0.3 is 6.18 Å². The molecule has 0 bridgehead atoms. The number of aromatic nitrogens is 3. The lowest BCUT2D eigenvalue weighted by Crippen LogP contribution is -2.41. The number of nitrogens with one attached hydrogen (secondary N) is 1. The molecule has 1 aliphatic carbocycles. The number of nitrogens with zero attached hydrogens (tertiary/aromatic N) is 4. The minimum atomic E-state index is -4.43. The van der Waals surface area contributed by atoms with Gasteiger partial charge in [-0.2, -0.15) is 23.5 Å². The van der Waals surface area contributed by atoms with Gasteiger partial charge in [0.25, 0.3) is 5.91 Å². The van der Waals surface area contributed by atoms with Crippen LogP contribution in [0.1, 0.15) is 53.0 Å². The Kier molecular flexibility index (Phi) is 6.25. The zero-order valence-corrected chi connectivity index (χ0v) is 20.0. The number of nitriles is 1.